The molecule has 2 aliphatic heterocycles. The van der Waals surface area contributed by atoms with Gasteiger partial charge in [0.05, 0.1) is 13.1 Å². The van der Waals surface area contributed by atoms with E-state index >= 15 is 0 Å². The lowest BCUT2D eigenvalue weighted by Gasteiger charge is -2.50. The fourth-order valence-corrected chi connectivity index (χ4v) is 4.75. The van der Waals surface area contributed by atoms with E-state index < -0.39 is 0 Å². The first kappa shape index (κ1) is 16.1. The summed E-state index contributed by atoms with van der Waals surface area (Å²) in [5, 5.41) is 0. The summed E-state index contributed by atoms with van der Waals surface area (Å²) in [7, 11) is 1.75. The van der Waals surface area contributed by atoms with Gasteiger partial charge < -0.3 is 14.4 Å². The highest BCUT2D eigenvalue weighted by atomic mass is 16.5. The van der Waals surface area contributed by atoms with Crippen LogP contribution in [0, 0.1) is 11.8 Å². The van der Waals surface area contributed by atoms with Gasteiger partial charge in [-0.2, -0.15) is 0 Å². The average Bonchev–Trinajstić information content (AvgIpc) is 3.14. The molecule has 2 heterocycles. The number of fused-ring (bicyclic) bond motifs is 1. The molecule has 4 heteroatoms. The molecule has 2 fully saturated rings. The van der Waals surface area contributed by atoms with Crippen LogP contribution in [0.4, 0.5) is 0 Å². The Bertz CT molecular complexity index is 584. The number of methoxy groups -OCH3 is 1. The molecule has 0 unspecified atom stereocenters. The third kappa shape index (κ3) is 2.86. The lowest BCUT2D eigenvalue weighted by molar-refractivity contribution is -0.166. The zero-order chi connectivity index (χ0) is 16.6. The van der Waals surface area contributed by atoms with Crippen molar-refractivity contribution in [3.05, 3.63) is 35.4 Å². The van der Waals surface area contributed by atoms with Gasteiger partial charge in [0.1, 0.15) is 5.60 Å². The molecule has 1 aliphatic carbocycles. The van der Waals surface area contributed by atoms with Crippen LogP contribution in [-0.4, -0.2) is 49.8 Å². The van der Waals surface area contributed by atoms with E-state index in [1.807, 2.05) is 4.90 Å². The SMILES string of the molecule is COCC[C@H]1CCOC12CN(C(=O)CC1Cc3ccccc3C1)C2. The fourth-order valence-electron chi connectivity index (χ4n) is 4.75. The Balaban J connectivity index is 1.29. The average molecular weight is 329 g/mol. The Labute approximate surface area is 144 Å². The van der Waals surface area contributed by atoms with Crippen LogP contribution in [0.15, 0.2) is 24.3 Å². The molecule has 24 heavy (non-hydrogen) atoms. The van der Waals surface area contributed by atoms with Crippen molar-refractivity contribution in [1.82, 2.24) is 4.90 Å². The van der Waals surface area contributed by atoms with E-state index in [1.165, 1.54) is 11.1 Å². The summed E-state index contributed by atoms with van der Waals surface area (Å²) in [6.45, 7) is 3.16. The van der Waals surface area contributed by atoms with Crippen LogP contribution in [0.1, 0.15) is 30.4 Å². The summed E-state index contributed by atoms with van der Waals surface area (Å²) in [6.07, 6.45) is 4.91. The molecule has 0 N–H and O–H groups in total. The Morgan fingerprint density at radius 2 is 2.00 bits per heavy atom. The third-order valence-electron chi connectivity index (χ3n) is 6.14. The van der Waals surface area contributed by atoms with Gasteiger partial charge in [0, 0.05) is 26.7 Å². The van der Waals surface area contributed by atoms with Crippen molar-refractivity contribution in [2.24, 2.45) is 11.8 Å². The van der Waals surface area contributed by atoms with E-state index in [1.54, 1.807) is 7.11 Å². The molecule has 0 saturated carbocycles. The van der Waals surface area contributed by atoms with Gasteiger partial charge in [-0.1, -0.05) is 24.3 Å². The van der Waals surface area contributed by atoms with Gasteiger partial charge in [-0.05, 0) is 48.6 Å². The predicted octanol–water partition coefficient (Wildman–Crippen LogP) is 2.45. The van der Waals surface area contributed by atoms with Crippen LogP contribution >= 0.6 is 0 Å². The lowest BCUT2D eigenvalue weighted by atomic mass is 9.78. The number of amides is 1. The number of hydrogen-bond donors (Lipinski definition) is 0. The third-order valence-corrected chi connectivity index (χ3v) is 6.14. The van der Waals surface area contributed by atoms with Crippen LogP contribution in [0.2, 0.25) is 0 Å². The van der Waals surface area contributed by atoms with Crippen LogP contribution in [0.5, 0.6) is 0 Å². The van der Waals surface area contributed by atoms with E-state index in [-0.39, 0.29) is 5.60 Å². The molecule has 0 aromatic heterocycles. The lowest BCUT2D eigenvalue weighted by Crippen LogP contribution is -2.66. The molecule has 3 aliphatic rings. The van der Waals surface area contributed by atoms with Crippen molar-refractivity contribution in [3.8, 4) is 0 Å². The van der Waals surface area contributed by atoms with Crippen LogP contribution in [-0.2, 0) is 27.1 Å². The molecule has 4 rings (SSSR count). The minimum absolute atomic E-state index is 0.0766. The highest BCUT2D eigenvalue weighted by molar-refractivity contribution is 5.78. The van der Waals surface area contributed by atoms with E-state index in [0.717, 1.165) is 52.0 Å². The maximum absolute atomic E-state index is 12.6. The molecule has 1 atom stereocenters. The molecule has 1 amide bonds. The van der Waals surface area contributed by atoms with Gasteiger partial charge in [-0.3, -0.25) is 4.79 Å². The number of rotatable bonds is 5. The van der Waals surface area contributed by atoms with Gasteiger partial charge in [0.25, 0.3) is 0 Å². The van der Waals surface area contributed by atoms with Crippen molar-refractivity contribution in [3.63, 3.8) is 0 Å². The second kappa shape index (κ2) is 6.49. The largest absolute Gasteiger partial charge is 0.385 e. The quantitative estimate of drug-likeness (QED) is 0.833. The summed E-state index contributed by atoms with van der Waals surface area (Å²) in [4.78, 5) is 14.6. The summed E-state index contributed by atoms with van der Waals surface area (Å²) in [6, 6.07) is 8.59. The number of nitrogens with zero attached hydrogens (tertiary/aromatic N) is 1. The number of likely N-dealkylation sites (tertiary alicyclic amines) is 1. The number of hydrogen-bond acceptors (Lipinski definition) is 3. The van der Waals surface area contributed by atoms with E-state index in [2.05, 4.69) is 24.3 Å². The number of benzene rings is 1. The molecule has 2 saturated heterocycles. The standard InChI is InChI=1S/C20H27NO3/c1-23-8-6-18-7-9-24-20(18)13-21(14-20)19(22)12-15-10-16-4-2-3-5-17(16)11-15/h2-5,15,18H,6-14H2,1H3/t18-/m0/s1. The Morgan fingerprint density at radius 1 is 1.29 bits per heavy atom. The fraction of sp³-hybridized carbons (Fsp3) is 0.650. The molecule has 4 nitrogen and oxygen atoms in total. The summed E-state index contributed by atoms with van der Waals surface area (Å²) in [5.74, 6) is 1.32. The molecule has 1 aromatic rings. The first-order valence-electron chi connectivity index (χ1n) is 9.17. The van der Waals surface area contributed by atoms with Crippen molar-refractivity contribution in [2.75, 3.05) is 33.4 Å². The Morgan fingerprint density at radius 3 is 2.67 bits per heavy atom. The number of carbonyl (C=O) groups is 1. The highest BCUT2D eigenvalue weighted by Crippen LogP contribution is 2.42. The van der Waals surface area contributed by atoms with Crippen LogP contribution in [0.25, 0.3) is 0 Å². The van der Waals surface area contributed by atoms with Crippen LogP contribution in [0.3, 0.4) is 0 Å². The maximum Gasteiger partial charge on any atom is 0.223 e. The normalized spacial score (nSPS) is 25.0. The molecule has 1 spiro atoms. The number of ether oxygens (including phenoxy) is 2. The highest BCUT2D eigenvalue weighted by Gasteiger charge is 2.54. The van der Waals surface area contributed by atoms with Gasteiger partial charge in [0.2, 0.25) is 5.91 Å². The first-order valence-corrected chi connectivity index (χ1v) is 9.17. The second-order valence-electron chi connectivity index (χ2n) is 7.68. The first-order chi connectivity index (χ1) is 11.7. The summed E-state index contributed by atoms with van der Waals surface area (Å²) >= 11 is 0. The molecular weight excluding hydrogens is 302 g/mol. The molecule has 0 radical (unpaired) electrons. The van der Waals surface area contributed by atoms with Gasteiger partial charge in [-0.25, -0.2) is 0 Å². The van der Waals surface area contributed by atoms with E-state index in [9.17, 15) is 4.79 Å². The van der Waals surface area contributed by atoms with Crippen molar-refractivity contribution < 1.29 is 14.3 Å². The Kier molecular flexibility index (Phi) is 4.35. The molecule has 0 bridgehead atoms. The second-order valence-corrected chi connectivity index (χ2v) is 7.68. The van der Waals surface area contributed by atoms with Gasteiger partial charge >= 0.3 is 0 Å². The molecule has 130 valence electrons. The van der Waals surface area contributed by atoms with E-state index in [4.69, 9.17) is 9.47 Å². The zero-order valence-electron chi connectivity index (χ0n) is 14.5. The monoisotopic (exact) mass is 329 g/mol. The molecular formula is C20H27NO3. The smallest absolute Gasteiger partial charge is 0.223 e. The van der Waals surface area contributed by atoms with Gasteiger partial charge in [-0.15, -0.1) is 0 Å². The maximum atomic E-state index is 12.6. The van der Waals surface area contributed by atoms with Crippen molar-refractivity contribution >= 4 is 5.91 Å². The van der Waals surface area contributed by atoms with E-state index in [0.29, 0.717) is 24.2 Å². The predicted molar refractivity (Wildman–Crippen MR) is 91.8 cm³/mol. The van der Waals surface area contributed by atoms with Crippen LogP contribution < -0.4 is 0 Å². The zero-order valence-corrected chi connectivity index (χ0v) is 14.5. The topological polar surface area (TPSA) is 38.8 Å². The molecule has 1 aromatic carbocycles. The number of carbonyl (C=O) groups excluding carboxylic acids is 1. The summed E-state index contributed by atoms with van der Waals surface area (Å²) in [5.41, 5.74) is 2.77. The van der Waals surface area contributed by atoms with Gasteiger partial charge in [0.15, 0.2) is 0 Å². The minimum Gasteiger partial charge on any atom is -0.385 e. The van der Waals surface area contributed by atoms with Crippen molar-refractivity contribution in [1.29, 1.82) is 0 Å². The Hall–Kier alpha value is -1.39. The summed E-state index contributed by atoms with van der Waals surface area (Å²) < 4.78 is 11.3. The van der Waals surface area contributed by atoms with Crippen molar-refractivity contribution in [2.45, 2.75) is 37.7 Å². The minimum atomic E-state index is -0.0766.